The fraction of sp³-hybridized carbons (Fsp3) is 0.464. The highest BCUT2D eigenvalue weighted by Gasteiger charge is 2.52. The summed E-state index contributed by atoms with van der Waals surface area (Å²) >= 11 is 0. The minimum atomic E-state index is -2.48. The van der Waals surface area contributed by atoms with Crippen molar-refractivity contribution >= 4 is 17.3 Å². The van der Waals surface area contributed by atoms with Crippen LogP contribution in [-0.2, 0) is 19.9 Å². The monoisotopic (exact) mass is 557 g/mol. The van der Waals surface area contributed by atoms with Crippen LogP contribution in [0.4, 0.5) is 0 Å². The third-order valence-corrected chi connectivity index (χ3v) is 8.16. The molecule has 1 heterocycles. The van der Waals surface area contributed by atoms with Crippen molar-refractivity contribution in [3.8, 4) is 17.2 Å². The zero-order chi connectivity index (χ0) is 29.1. The van der Waals surface area contributed by atoms with Crippen molar-refractivity contribution in [2.45, 2.75) is 62.4 Å². The molecule has 12 nitrogen and oxygen atoms in total. The second kappa shape index (κ2) is 10.2. The van der Waals surface area contributed by atoms with Gasteiger partial charge in [0.15, 0.2) is 23.5 Å². The van der Waals surface area contributed by atoms with Crippen LogP contribution in [-0.4, -0.2) is 88.2 Å². The Kier molecular flexibility index (Phi) is 7.19. The summed E-state index contributed by atoms with van der Waals surface area (Å²) in [6, 6.07) is 3.93. The minimum Gasteiger partial charge on any atom is -0.507 e. The number of ether oxygens (including phenoxy) is 3. The van der Waals surface area contributed by atoms with Gasteiger partial charge in [-0.25, -0.2) is 0 Å². The molecule has 0 aromatic heterocycles. The molecule has 6 atom stereocenters. The normalized spacial score (nSPS) is 29.4. The average Bonchev–Trinajstić information content (AvgIpc) is 2.95. The van der Waals surface area contributed by atoms with Crippen molar-refractivity contribution in [2.75, 3.05) is 20.8 Å². The van der Waals surface area contributed by atoms with Gasteiger partial charge in [-0.3, -0.25) is 14.4 Å². The van der Waals surface area contributed by atoms with Crippen LogP contribution in [0.25, 0.3) is 0 Å². The molecule has 3 aliphatic rings. The van der Waals surface area contributed by atoms with E-state index < -0.39 is 88.4 Å². The van der Waals surface area contributed by atoms with E-state index >= 15 is 0 Å². The summed E-state index contributed by atoms with van der Waals surface area (Å²) in [5, 5.41) is 57.5. The number of hydrogen-bond acceptors (Lipinski definition) is 12. The molecule has 2 aromatic rings. The van der Waals surface area contributed by atoms with Crippen LogP contribution >= 0.6 is 0 Å². The molecule has 1 saturated heterocycles. The highest BCUT2D eigenvalue weighted by atomic mass is 16.7. The Hall–Kier alpha value is -3.39. The van der Waals surface area contributed by atoms with Crippen LogP contribution in [0.15, 0.2) is 18.2 Å². The summed E-state index contributed by atoms with van der Waals surface area (Å²) in [7, 11) is 2.99. The molecule has 1 aliphatic heterocycles. The number of rotatable bonds is 6. The molecule has 40 heavy (non-hydrogen) atoms. The van der Waals surface area contributed by atoms with E-state index in [9.17, 15) is 39.9 Å². The summed E-state index contributed by atoms with van der Waals surface area (Å²) in [4.78, 5) is 40.1. The summed E-state index contributed by atoms with van der Waals surface area (Å²) in [6.45, 7) is 0.573. The first-order chi connectivity index (χ1) is 19.0. The molecule has 2 aromatic carbocycles. The quantitative estimate of drug-likeness (QED) is 0.231. The molecule has 0 spiro atoms. The lowest BCUT2D eigenvalue weighted by atomic mass is 9.70. The molecule has 1 fully saturated rings. The number of phenols is 2. The van der Waals surface area contributed by atoms with E-state index in [-0.39, 0.29) is 41.7 Å². The number of aliphatic hydroxyl groups is 3. The Morgan fingerprint density at radius 2 is 1.85 bits per heavy atom. The van der Waals surface area contributed by atoms with Gasteiger partial charge in [-0.15, -0.1) is 0 Å². The van der Waals surface area contributed by atoms with E-state index in [1.807, 2.05) is 0 Å². The second-order valence-electron chi connectivity index (χ2n) is 10.3. The van der Waals surface area contributed by atoms with Crippen molar-refractivity contribution in [3.05, 3.63) is 51.6 Å². The van der Waals surface area contributed by atoms with E-state index in [1.165, 1.54) is 25.3 Å². The smallest absolute Gasteiger partial charge is 0.202 e. The number of carbonyl (C=O) groups excluding carboxylic acids is 3. The zero-order valence-corrected chi connectivity index (χ0v) is 22.1. The third-order valence-electron chi connectivity index (χ3n) is 8.16. The number of carbonyl (C=O) groups is 3. The van der Waals surface area contributed by atoms with E-state index in [1.54, 1.807) is 14.0 Å². The van der Waals surface area contributed by atoms with Crippen LogP contribution in [0.2, 0.25) is 0 Å². The number of aromatic hydroxyl groups is 2. The molecular weight excluding hydrogens is 526 g/mol. The van der Waals surface area contributed by atoms with Gasteiger partial charge in [0.25, 0.3) is 0 Å². The van der Waals surface area contributed by atoms with E-state index in [4.69, 9.17) is 14.2 Å². The number of aliphatic hydroxyl groups excluding tert-OH is 2. The first-order valence-corrected chi connectivity index (χ1v) is 12.9. The Balaban J connectivity index is 1.70. The maximum atomic E-state index is 13.7. The standard InChI is InChI=1S/C28H31NO11/c1-11-23(32)13(29-2)9-17(39-11)40-15-7-8-28(37,16(31)10-30)22-19(15)26(35)21-20(27(22)36)24(33)12-5-4-6-14(38-3)18(12)25(21)34/h4-6,11,13,15,17,23,29-30,32,35-37H,7-10H2,1-3H3/t11?,13-,15+,17?,23+,28+/m1/s1. The summed E-state index contributed by atoms with van der Waals surface area (Å²) in [5.41, 5.74) is -4.56. The van der Waals surface area contributed by atoms with Gasteiger partial charge in [0.05, 0.1) is 42.1 Å². The molecule has 2 unspecified atom stereocenters. The topological polar surface area (TPSA) is 192 Å². The van der Waals surface area contributed by atoms with Gasteiger partial charge in [0.2, 0.25) is 5.78 Å². The first kappa shape index (κ1) is 28.1. The predicted octanol–water partition coefficient (Wildman–Crippen LogP) is 0.566. The lowest BCUT2D eigenvalue weighted by Gasteiger charge is -2.42. The van der Waals surface area contributed by atoms with Crippen molar-refractivity contribution in [3.63, 3.8) is 0 Å². The fourth-order valence-electron chi connectivity index (χ4n) is 6.06. The van der Waals surface area contributed by atoms with Crippen LogP contribution in [0, 0.1) is 0 Å². The van der Waals surface area contributed by atoms with Crippen LogP contribution < -0.4 is 10.1 Å². The van der Waals surface area contributed by atoms with Gasteiger partial charge >= 0.3 is 0 Å². The minimum absolute atomic E-state index is 0.0793. The zero-order valence-electron chi connectivity index (χ0n) is 22.1. The molecule has 0 amide bonds. The molecular formula is C28H31NO11. The van der Waals surface area contributed by atoms with Crippen LogP contribution in [0.5, 0.6) is 17.2 Å². The number of fused-ring (bicyclic) bond motifs is 3. The Bertz CT molecular complexity index is 1410. The number of hydrogen-bond donors (Lipinski definition) is 6. The molecule has 5 rings (SSSR count). The molecule has 0 bridgehead atoms. The van der Waals surface area contributed by atoms with Crippen molar-refractivity contribution in [1.29, 1.82) is 0 Å². The molecule has 0 saturated carbocycles. The SMILES string of the molecule is CN[C@@H]1CC(O[C@H]2CC[C@](O)(C(=O)CO)c3c(O)c4c(c(O)c32)C(=O)c2c(OC)cccc2C4=O)OC(C)[C@@H]1O. The third kappa shape index (κ3) is 4.02. The number of likely N-dealkylation sites (N-methyl/N-ethyl adjacent to an activating group) is 1. The summed E-state index contributed by atoms with van der Waals surface area (Å²) in [6.07, 6.45) is -3.67. The fourth-order valence-corrected chi connectivity index (χ4v) is 6.06. The number of methoxy groups -OCH3 is 1. The molecule has 2 aliphatic carbocycles. The van der Waals surface area contributed by atoms with Gasteiger partial charge in [-0.2, -0.15) is 0 Å². The molecule has 214 valence electrons. The van der Waals surface area contributed by atoms with E-state index in [0.29, 0.717) is 0 Å². The highest BCUT2D eigenvalue weighted by molar-refractivity contribution is 6.31. The Morgan fingerprint density at radius 3 is 2.50 bits per heavy atom. The summed E-state index contributed by atoms with van der Waals surface area (Å²) < 4.78 is 17.2. The maximum Gasteiger partial charge on any atom is 0.202 e. The number of phenolic OH excluding ortho intramolecular Hbond substituents is 2. The molecule has 6 N–H and O–H groups in total. The molecule has 0 radical (unpaired) electrons. The van der Waals surface area contributed by atoms with Gasteiger partial charge < -0.3 is 45.1 Å². The highest BCUT2D eigenvalue weighted by Crippen LogP contribution is 2.55. The van der Waals surface area contributed by atoms with Gasteiger partial charge in [0, 0.05) is 29.2 Å². The van der Waals surface area contributed by atoms with Gasteiger partial charge in [-0.05, 0) is 32.9 Å². The average molecular weight is 558 g/mol. The van der Waals surface area contributed by atoms with Gasteiger partial charge in [-0.1, -0.05) is 12.1 Å². The van der Waals surface area contributed by atoms with Crippen molar-refractivity contribution < 1.29 is 54.1 Å². The van der Waals surface area contributed by atoms with Crippen LogP contribution in [0.1, 0.15) is 75.3 Å². The Morgan fingerprint density at radius 1 is 1.15 bits per heavy atom. The second-order valence-corrected chi connectivity index (χ2v) is 10.3. The number of benzene rings is 2. The molecule has 12 heteroatoms. The van der Waals surface area contributed by atoms with E-state index in [0.717, 1.165) is 0 Å². The lowest BCUT2D eigenvalue weighted by molar-refractivity contribution is -0.246. The van der Waals surface area contributed by atoms with Crippen LogP contribution in [0.3, 0.4) is 0 Å². The lowest BCUT2D eigenvalue weighted by Crippen LogP contribution is -2.53. The predicted molar refractivity (Wildman–Crippen MR) is 136 cm³/mol. The maximum absolute atomic E-state index is 13.7. The largest absolute Gasteiger partial charge is 0.507 e. The first-order valence-electron chi connectivity index (χ1n) is 12.9. The summed E-state index contributed by atoms with van der Waals surface area (Å²) in [5.74, 6) is -4.23. The van der Waals surface area contributed by atoms with Crippen molar-refractivity contribution in [2.24, 2.45) is 0 Å². The van der Waals surface area contributed by atoms with Gasteiger partial charge in [0.1, 0.15) is 23.9 Å². The number of Topliss-reactive ketones (excluding diaryl/α,β-unsaturated/α-hetero) is 1. The Labute approximate surface area is 229 Å². The van der Waals surface area contributed by atoms with Crippen molar-refractivity contribution in [1.82, 2.24) is 5.32 Å². The number of nitrogens with one attached hydrogen (secondary N) is 1. The number of ketones is 3. The van der Waals surface area contributed by atoms with E-state index in [2.05, 4.69) is 5.32 Å².